The molecule has 0 bridgehead atoms. The molecule has 2 aliphatic rings. The van der Waals surface area contributed by atoms with Gasteiger partial charge in [0.2, 0.25) is 11.8 Å². The molecule has 3 aromatic rings. The fourth-order valence-electron chi connectivity index (χ4n) is 5.52. The lowest BCUT2D eigenvalue weighted by molar-refractivity contribution is -0.122. The average molecular weight is 543 g/mol. The number of benzene rings is 3. The van der Waals surface area contributed by atoms with Crippen molar-refractivity contribution in [3.63, 3.8) is 0 Å². The van der Waals surface area contributed by atoms with E-state index in [0.29, 0.717) is 35.7 Å². The molecule has 1 saturated carbocycles. The number of hydrogen-bond acceptors (Lipinski definition) is 7. The lowest BCUT2D eigenvalue weighted by Gasteiger charge is -2.28. The first kappa shape index (κ1) is 26.9. The summed E-state index contributed by atoms with van der Waals surface area (Å²) in [4.78, 5) is 52.7. The third kappa shape index (κ3) is 5.40. The molecule has 0 spiro atoms. The molecule has 0 unspecified atom stereocenters. The van der Waals surface area contributed by atoms with E-state index >= 15 is 0 Å². The molecule has 1 aliphatic heterocycles. The molecule has 1 heterocycles. The van der Waals surface area contributed by atoms with Crippen molar-refractivity contribution < 1.29 is 33.4 Å². The van der Waals surface area contributed by atoms with Gasteiger partial charge in [0.25, 0.3) is 5.91 Å². The molecule has 9 nitrogen and oxygen atoms in total. The molecule has 5 rings (SSSR count). The summed E-state index contributed by atoms with van der Waals surface area (Å²) >= 11 is 0. The van der Waals surface area contributed by atoms with Crippen molar-refractivity contribution in [3.8, 4) is 11.5 Å². The highest BCUT2D eigenvalue weighted by Crippen LogP contribution is 2.45. The minimum atomic E-state index is -0.710. The summed E-state index contributed by atoms with van der Waals surface area (Å²) in [6.45, 7) is -0.518. The van der Waals surface area contributed by atoms with Gasteiger partial charge in [0.05, 0.1) is 43.0 Å². The highest BCUT2D eigenvalue weighted by Gasteiger charge is 2.50. The number of nitrogens with one attached hydrogen (secondary N) is 1. The summed E-state index contributed by atoms with van der Waals surface area (Å²) in [6.07, 6.45) is 2.17. The number of esters is 1. The van der Waals surface area contributed by atoms with Crippen molar-refractivity contribution in [2.45, 2.75) is 25.2 Å². The lowest BCUT2D eigenvalue weighted by Crippen LogP contribution is -2.30. The Labute approximate surface area is 232 Å². The van der Waals surface area contributed by atoms with Crippen molar-refractivity contribution in [3.05, 3.63) is 83.9 Å². The second kappa shape index (κ2) is 11.6. The maximum absolute atomic E-state index is 13.3. The number of nitrogens with zero attached hydrogens (tertiary/aromatic N) is 1. The van der Waals surface area contributed by atoms with Gasteiger partial charge < -0.3 is 19.5 Å². The zero-order chi connectivity index (χ0) is 28.2. The van der Waals surface area contributed by atoms with Crippen LogP contribution in [-0.2, 0) is 19.1 Å². The molecule has 206 valence electrons. The number of methoxy groups -OCH3 is 2. The third-order valence-electron chi connectivity index (χ3n) is 7.57. The largest absolute Gasteiger partial charge is 0.497 e. The minimum absolute atomic E-state index is 0.191. The van der Waals surface area contributed by atoms with E-state index in [2.05, 4.69) is 17.4 Å². The minimum Gasteiger partial charge on any atom is -0.497 e. The van der Waals surface area contributed by atoms with E-state index in [0.717, 1.165) is 6.42 Å². The van der Waals surface area contributed by atoms with Crippen LogP contribution < -0.4 is 19.7 Å². The number of fused-ring (bicyclic) bond motifs is 1. The van der Waals surface area contributed by atoms with Crippen LogP contribution in [0.3, 0.4) is 0 Å². The van der Waals surface area contributed by atoms with Gasteiger partial charge in [-0.25, -0.2) is 4.79 Å². The maximum atomic E-state index is 13.3. The van der Waals surface area contributed by atoms with Crippen molar-refractivity contribution in [1.82, 2.24) is 0 Å². The number of carbonyl (C=O) groups excluding carboxylic acids is 4. The fourth-order valence-corrected chi connectivity index (χ4v) is 5.52. The Hall–Kier alpha value is -4.66. The molecule has 3 aromatic carbocycles. The standard InChI is InChI=1S/C31H30N2O7/c1-38-23-13-15-27(39-2)26(17-23)32-28(34)18-40-31(37)20-8-11-22(12-9-20)33-29(35)24-14-10-21(16-25(24)30(33)36)19-6-4-3-5-7-19/h3-9,11-13,15,17,21,24-25H,10,14,16,18H2,1-2H3,(H,32,34)/t21-,24+,25+/m0/s1. The van der Waals surface area contributed by atoms with Gasteiger partial charge in [-0.3, -0.25) is 19.3 Å². The summed E-state index contributed by atoms with van der Waals surface area (Å²) < 4.78 is 15.6. The molecule has 0 aromatic heterocycles. The third-order valence-corrected chi connectivity index (χ3v) is 7.57. The van der Waals surface area contributed by atoms with E-state index in [9.17, 15) is 19.2 Å². The van der Waals surface area contributed by atoms with Gasteiger partial charge in [-0.05, 0) is 67.1 Å². The summed E-state index contributed by atoms with van der Waals surface area (Å²) in [5.74, 6) is -1.12. The van der Waals surface area contributed by atoms with Crippen LogP contribution >= 0.6 is 0 Å². The second-order valence-electron chi connectivity index (χ2n) is 9.88. The van der Waals surface area contributed by atoms with Crippen LogP contribution in [0.5, 0.6) is 11.5 Å². The highest BCUT2D eigenvalue weighted by atomic mass is 16.5. The fraction of sp³-hybridized carbons (Fsp3) is 0.290. The monoisotopic (exact) mass is 542 g/mol. The number of rotatable bonds is 8. The van der Waals surface area contributed by atoms with Crippen LogP contribution in [-0.4, -0.2) is 44.5 Å². The van der Waals surface area contributed by atoms with Crippen LogP contribution in [0.1, 0.15) is 41.1 Å². The van der Waals surface area contributed by atoms with Gasteiger partial charge >= 0.3 is 5.97 Å². The predicted octanol–water partition coefficient (Wildman–Crippen LogP) is 4.57. The Bertz CT molecular complexity index is 1420. The van der Waals surface area contributed by atoms with E-state index in [1.807, 2.05) is 18.2 Å². The van der Waals surface area contributed by atoms with Crippen molar-refractivity contribution in [2.24, 2.45) is 11.8 Å². The maximum Gasteiger partial charge on any atom is 0.338 e. The molecular formula is C31H30N2O7. The Morgan fingerprint density at radius 3 is 2.30 bits per heavy atom. The van der Waals surface area contributed by atoms with Gasteiger partial charge in [-0.2, -0.15) is 0 Å². The lowest BCUT2D eigenvalue weighted by atomic mass is 9.73. The van der Waals surface area contributed by atoms with Crippen LogP contribution in [0.2, 0.25) is 0 Å². The van der Waals surface area contributed by atoms with E-state index in [-0.39, 0.29) is 35.1 Å². The predicted molar refractivity (Wildman–Crippen MR) is 147 cm³/mol. The van der Waals surface area contributed by atoms with Gasteiger partial charge in [0, 0.05) is 6.07 Å². The number of amides is 3. The normalized spacial score (nSPS) is 20.1. The molecule has 3 atom stereocenters. The van der Waals surface area contributed by atoms with Gasteiger partial charge in [-0.1, -0.05) is 30.3 Å². The van der Waals surface area contributed by atoms with Gasteiger partial charge in [0.1, 0.15) is 11.5 Å². The molecule has 40 heavy (non-hydrogen) atoms. The van der Waals surface area contributed by atoms with Crippen LogP contribution in [0.4, 0.5) is 11.4 Å². The van der Waals surface area contributed by atoms with Crippen molar-refractivity contribution >= 4 is 35.1 Å². The zero-order valence-corrected chi connectivity index (χ0v) is 22.3. The molecule has 9 heteroatoms. The number of anilines is 2. The molecule has 1 N–H and O–H groups in total. The van der Waals surface area contributed by atoms with E-state index in [4.69, 9.17) is 14.2 Å². The Morgan fingerprint density at radius 2 is 1.60 bits per heavy atom. The molecule has 1 saturated heterocycles. The number of carbonyl (C=O) groups is 4. The van der Waals surface area contributed by atoms with Crippen LogP contribution in [0.25, 0.3) is 0 Å². The number of hydrogen-bond donors (Lipinski definition) is 1. The van der Waals surface area contributed by atoms with Crippen LogP contribution in [0, 0.1) is 11.8 Å². The van der Waals surface area contributed by atoms with E-state index in [1.165, 1.54) is 36.8 Å². The smallest absolute Gasteiger partial charge is 0.338 e. The van der Waals surface area contributed by atoms with Gasteiger partial charge in [0.15, 0.2) is 6.61 Å². The number of imide groups is 1. The molecule has 0 radical (unpaired) electrons. The molecule has 1 aliphatic carbocycles. The van der Waals surface area contributed by atoms with E-state index in [1.54, 1.807) is 30.3 Å². The van der Waals surface area contributed by atoms with E-state index < -0.39 is 18.5 Å². The molecule has 2 fully saturated rings. The second-order valence-corrected chi connectivity index (χ2v) is 9.88. The van der Waals surface area contributed by atoms with Crippen molar-refractivity contribution in [1.29, 1.82) is 0 Å². The molecule has 3 amide bonds. The summed E-state index contributed by atoms with van der Waals surface area (Å²) in [5.41, 5.74) is 2.18. The van der Waals surface area contributed by atoms with Gasteiger partial charge in [-0.15, -0.1) is 0 Å². The first-order chi connectivity index (χ1) is 19.4. The topological polar surface area (TPSA) is 111 Å². The number of ether oxygens (including phenoxy) is 3. The first-order valence-electron chi connectivity index (χ1n) is 13.1. The summed E-state index contributed by atoms with van der Waals surface area (Å²) in [7, 11) is 2.98. The average Bonchev–Trinajstić information content (AvgIpc) is 3.25. The summed E-state index contributed by atoms with van der Waals surface area (Å²) in [6, 6.07) is 21.1. The SMILES string of the molecule is COc1ccc(OC)c(NC(=O)COC(=O)c2ccc(N3C(=O)[C@@H]4CC[C@H](c5ccccc5)C[C@H]4C3=O)cc2)c1. The zero-order valence-electron chi connectivity index (χ0n) is 22.3. The van der Waals surface area contributed by atoms with Crippen molar-refractivity contribution in [2.75, 3.05) is 31.0 Å². The Morgan fingerprint density at radius 1 is 0.875 bits per heavy atom. The molecular weight excluding hydrogens is 512 g/mol. The van der Waals surface area contributed by atoms with Crippen LogP contribution in [0.15, 0.2) is 72.8 Å². The highest BCUT2D eigenvalue weighted by molar-refractivity contribution is 6.22. The first-order valence-corrected chi connectivity index (χ1v) is 13.1. The summed E-state index contributed by atoms with van der Waals surface area (Å²) in [5, 5.41) is 2.63. The Kier molecular flexibility index (Phi) is 7.82. The quantitative estimate of drug-likeness (QED) is 0.328. The Balaban J connectivity index is 1.19.